The Morgan fingerprint density at radius 1 is 1.42 bits per heavy atom. The van der Waals surface area contributed by atoms with E-state index in [1.807, 2.05) is 6.07 Å². The monoisotopic (exact) mass is 257 g/mol. The fourth-order valence-corrected chi connectivity index (χ4v) is 1.76. The van der Waals surface area contributed by atoms with Gasteiger partial charge in [0.1, 0.15) is 22.8 Å². The summed E-state index contributed by atoms with van der Waals surface area (Å²) in [6.45, 7) is 4.77. The third kappa shape index (κ3) is 2.94. The number of nitrogens with zero attached hydrogens (tertiary/aromatic N) is 1. The molecule has 0 atom stereocenters. The van der Waals surface area contributed by atoms with Crippen molar-refractivity contribution in [3.05, 3.63) is 40.2 Å². The Labute approximate surface area is 111 Å². The van der Waals surface area contributed by atoms with E-state index in [-0.39, 0.29) is 11.2 Å². The van der Waals surface area contributed by atoms with Gasteiger partial charge >= 0.3 is 0 Å². The van der Waals surface area contributed by atoms with Crippen molar-refractivity contribution in [3.8, 4) is 11.8 Å². The number of benzene rings is 1. The van der Waals surface area contributed by atoms with Crippen LogP contribution in [-0.4, -0.2) is 6.61 Å². The van der Waals surface area contributed by atoms with Crippen molar-refractivity contribution in [2.24, 2.45) is 5.92 Å². The maximum Gasteiger partial charge on any atom is 0.207 e. The quantitative estimate of drug-likeness (QED) is 0.844. The summed E-state index contributed by atoms with van der Waals surface area (Å²) in [4.78, 5) is 12.0. The third-order valence-electron chi connectivity index (χ3n) is 2.78. The number of hydrogen-bond acceptors (Lipinski definition) is 4. The van der Waals surface area contributed by atoms with Crippen LogP contribution < -0.4 is 10.2 Å². The van der Waals surface area contributed by atoms with E-state index in [1.165, 1.54) is 6.07 Å². The van der Waals surface area contributed by atoms with Gasteiger partial charge in [-0.2, -0.15) is 5.26 Å². The van der Waals surface area contributed by atoms with Gasteiger partial charge in [0.05, 0.1) is 6.61 Å². The van der Waals surface area contributed by atoms with E-state index in [1.54, 1.807) is 18.2 Å². The minimum absolute atomic E-state index is 0.0110. The molecule has 0 amide bonds. The van der Waals surface area contributed by atoms with E-state index in [0.717, 1.165) is 6.42 Å². The highest BCUT2D eigenvalue weighted by atomic mass is 16.5. The highest BCUT2D eigenvalue weighted by Gasteiger charge is 2.10. The lowest BCUT2D eigenvalue weighted by Crippen LogP contribution is -2.06. The van der Waals surface area contributed by atoms with Crippen LogP contribution in [0.4, 0.5) is 0 Å². The van der Waals surface area contributed by atoms with Crippen molar-refractivity contribution in [3.63, 3.8) is 0 Å². The second-order valence-corrected chi connectivity index (χ2v) is 4.75. The predicted molar refractivity (Wildman–Crippen MR) is 72.1 cm³/mol. The molecule has 98 valence electrons. The molecule has 0 unspecified atom stereocenters. The number of fused-ring (bicyclic) bond motifs is 1. The lowest BCUT2D eigenvalue weighted by Gasteiger charge is -2.09. The zero-order chi connectivity index (χ0) is 13.8. The molecule has 0 bridgehead atoms. The molecule has 0 aliphatic rings. The summed E-state index contributed by atoms with van der Waals surface area (Å²) in [6.07, 6.45) is 0.915. The lowest BCUT2D eigenvalue weighted by atomic mass is 10.1. The van der Waals surface area contributed by atoms with Crippen molar-refractivity contribution in [1.29, 1.82) is 5.26 Å². The molecule has 0 aliphatic carbocycles. The molecule has 0 spiro atoms. The van der Waals surface area contributed by atoms with Crippen molar-refractivity contribution in [2.45, 2.75) is 20.3 Å². The Hall–Kier alpha value is -2.28. The summed E-state index contributed by atoms with van der Waals surface area (Å²) in [7, 11) is 0. The molecule has 1 aromatic carbocycles. The second kappa shape index (κ2) is 5.57. The minimum atomic E-state index is -0.252. The third-order valence-corrected chi connectivity index (χ3v) is 2.78. The summed E-state index contributed by atoms with van der Waals surface area (Å²) in [5.74, 6) is 1.06. The van der Waals surface area contributed by atoms with Crippen molar-refractivity contribution >= 4 is 11.0 Å². The first kappa shape index (κ1) is 13.2. The van der Waals surface area contributed by atoms with Gasteiger partial charge in [0.2, 0.25) is 5.76 Å². The van der Waals surface area contributed by atoms with Gasteiger partial charge in [0.15, 0.2) is 5.43 Å². The molecule has 2 rings (SSSR count). The standard InChI is InChI=1S/C15H15NO3/c1-10(2)6-7-18-13-4-3-5-14-15(13)12(17)8-11(9-16)19-14/h3-5,8,10H,6-7H2,1-2H3. The maximum atomic E-state index is 12.0. The summed E-state index contributed by atoms with van der Waals surface area (Å²) in [5.41, 5.74) is 0.129. The first-order valence-electron chi connectivity index (χ1n) is 6.21. The number of ether oxygens (including phenoxy) is 1. The molecule has 1 heterocycles. The maximum absolute atomic E-state index is 12.0. The number of hydrogen-bond donors (Lipinski definition) is 0. The van der Waals surface area contributed by atoms with E-state index in [9.17, 15) is 4.79 Å². The molecule has 1 aromatic heterocycles. The molecule has 0 N–H and O–H groups in total. The normalized spacial score (nSPS) is 10.6. The SMILES string of the molecule is CC(C)CCOc1cccc2oc(C#N)cc(=O)c12. The van der Waals surface area contributed by atoms with Crippen LogP contribution in [0.25, 0.3) is 11.0 Å². The Balaban J connectivity index is 2.40. The van der Waals surface area contributed by atoms with E-state index in [4.69, 9.17) is 14.4 Å². The molecule has 4 heteroatoms. The number of rotatable bonds is 4. The predicted octanol–water partition coefficient (Wildman–Crippen LogP) is 3.09. The van der Waals surface area contributed by atoms with Crippen molar-refractivity contribution in [1.82, 2.24) is 0 Å². The summed E-state index contributed by atoms with van der Waals surface area (Å²) >= 11 is 0. The van der Waals surface area contributed by atoms with E-state index >= 15 is 0 Å². The molecule has 0 saturated heterocycles. The first-order valence-corrected chi connectivity index (χ1v) is 6.21. The molecular weight excluding hydrogens is 242 g/mol. The van der Waals surface area contributed by atoms with E-state index in [0.29, 0.717) is 29.2 Å². The summed E-state index contributed by atoms with van der Waals surface area (Å²) in [5, 5.41) is 9.17. The largest absolute Gasteiger partial charge is 0.493 e. The average Bonchev–Trinajstić information content (AvgIpc) is 2.37. The molecule has 19 heavy (non-hydrogen) atoms. The molecule has 2 aromatic rings. The van der Waals surface area contributed by atoms with Gasteiger partial charge in [-0.15, -0.1) is 0 Å². The molecular formula is C15H15NO3. The van der Waals surface area contributed by atoms with Crippen LogP contribution in [0.3, 0.4) is 0 Å². The molecule has 0 aliphatic heterocycles. The van der Waals surface area contributed by atoms with E-state index in [2.05, 4.69) is 13.8 Å². The van der Waals surface area contributed by atoms with Crippen LogP contribution in [0, 0.1) is 17.2 Å². The van der Waals surface area contributed by atoms with Gasteiger partial charge in [-0.25, -0.2) is 0 Å². The smallest absolute Gasteiger partial charge is 0.207 e. The fourth-order valence-electron chi connectivity index (χ4n) is 1.76. The van der Waals surface area contributed by atoms with Crippen LogP contribution >= 0.6 is 0 Å². The van der Waals surface area contributed by atoms with Gasteiger partial charge < -0.3 is 9.15 Å². The second-order valence-electron chi connectivity index (χ2n) is 4.75. The van der Waals surface area contributed by atoms with Gasteiger partial charge in [-0.3, -0.25) is 4.79 Å². The highest BCUT2D eigenvalue weighted by molar-refractivity contribution is 5.83. The summed E-state index contributed by atoms with van der Waals surface area (Å²) in [6, 6.07) is 8.17. The molecule has 4 nitrogen and oxygen atoms in total. The zero-order valence-corrected chi connectivity index (χ0v) is 11.0. The Bertz CT molecular complexity index is 680. The van der Waals surface area contributed by atoms with Crippen LogP contribution in [0.2, 0.25) is 0 Å². The first-order chi connectivity index (χ1) is 9.11. The van der Waals surface area contributed by atoms with Crippen LogP contribution in [0.15, 0.2) is 33.5 Å². The Kier molecular flexibility index (Phi) is 3.86. The molecule has 0 fully saturated rings. The average molecular weight is 257 g/mol. The Morgan fingerprint density at radius 3 is 2.89 bits per heavy atom. The number of nitriles is 1. The van der Waals surface area contributed by atoms with Crippen molar-refractivity contribution in [2.75, 3.05) is 6.61 Å². The van der Waals surface area contributed by atoms with Gasteiger partial charge in [0.25, 0.3) is 0 Å². The molecule has 0 radical (unpaired) electrons. The van der Waals surface area contributed by atoms with Crippen LogP contribution in [0.5, 0.6) is 5.75 Å². The lowest BCUT2D eigenvalue weighted by molar-refractivity contribution is 0.292. The van der Waals surface area contributed by atoms with Crippen LogP contribution in [-0.2, 0) is 0 Å². The summed E-state index contributed by atoms with van der Waals surface area (Å²) < 4.78 is 11.0. The fraction of sp³-hybridized carbons (Fsp3) is 0.333. The van der Waals surface area contributed by atoms with Crippen molar-refractivity contribution < 1.29 is 9.15 Å². The Morgan fingerprint density at radius 2 is 2.21 bits per heavy atom. The minimum Gasteiger partial charge on any atom is -0.493 e. The van der Waals surface area contributed by atoms with Gasteiger partial charge in [-0.05, 0) is 24.5 Å². The molecule has 0 saturated carbocycles. The van der Waals surface area contributed by atoms with E-state index < -0.39 is 0 Å². The highest BCUT2D eigenvalue weighted by Crippen LogP contribution is 2.23. The van der Waals surface area contributed by atoms with Gasteiger partial charge in [-0.1, -0.05) is 19.9 Å². The van der Waals surface area contributed by atoms with Crippen LogP contribution in [0.1, 0.15) is 26.0 Å². The topological polar surface area (TPSA) is 63.2 Å². The van der Waals surface area contributed by atoms with Gasteiger partial charge in [0, 0.05) is 6.07 Å². The zero-order valence-electron chi connectivity index (χ0n) is 11.0.